The largest absolute Gasteiger partial charge is 0.271 e. The lowest BCUT2D eigenvalue weighted by atomic mass is 10.1. The van der Waals surface area contributed by atoms with Crippen molar-refractivity contribution in [2.45, 2.75) is 6.17 Å². The van der Waals surface area contributed by atoms with Gasteiger partial charge in [0.15, 0.2) is 6.17 Å². The number of nitro benzene ring substituents is 2. The van der Waals surface area contributed by atoms with Gasteiger partial charge in [0.05, 0.1) is 33.3 Å². The van der Waals surface area contributed by atoms with Gasteiger partial charge in [-0.3, -0.25) is 20.2 Å². The van der Waals surface area contributed by atoms with Crippen molar-refractivity contribution in [3.05, 3.63) is 105 Å². The summed E-state index contributed by atoms with van der Waals surface area (Å²) in [5.41, 5.74) is 1.81. The summed E-state index contributed by atoms with van der Waals surface area (Å²) in [5.74, 6) is 0. The fourth-order valence-corrected chi connectivity index (χ4v) is 3.68. The Morgan fingerprint density at radius 2 is 1.19 bits per heavy atom. The monoisotopic (exact) mass is 414 g/mol. The third-order valence-corrected chi connectivity index (χ3v) is 5.15. The summed E-state index contributed by atoms with van der Waals surface area (Å²) < 4.78 is 3.28. The Morgan fingerprint density at radius 3 is 1.65 bits per heavy atom. The standard InChI is InChI=1S/C21H14N6O4/c28-26(29)17-8-6-15-12-22-24(19(15)10-17)21(14-4-2-1-3-5-14)25-20-11-18(27(30)31)9-7-16(20)13-23-25/h1-13,21H. The van der Waals surface area contributed by atoms with E-state index >= 15 is 0 Å². The average molecular weight is 414 g/mol. The lowest BCUT2D eigenvalue weighted by Crippen LogP contribution is -2.21. The van der Waals surface area contributed by atoms with Gasteiger partial charge in [-0.05, 0) is 17.7 Å². The highest BCUT2D eigenvalue weighted by Gasteiger charge is 2.23. The maximum atomic E-state index is 11.3. The number of nitrogens with zero attached hydrogens (tertiary/aromatic N) is 6. The number of fused-ring (bicyclic) bond motifs is 2. The van der Waals surface area contributed by atoms with Crippen molar-refractivity contribution < 1.29 is 9.85 Å². The molecule has 0 fully saturated rings. The third kappa shape index (κ3) is 3.06. The molecule has 0 atom stereocenters. The zero-order valence-corrected chi connectivity index (χ0v) is 15.9. The first-order chi connectivity index (χ1) is 15.0. The SMILES string of the molecule is O=[N+]([O-])c1ccc2cnn(C(c3ccccc3)n3ncc4ccc([N+](=O)[O-])cc43)c2c1. The van der Waals surface area contributed by atoms with E-state index in [0.29, 0.717) is 11.0 Å². The Kier molecular flexibility index (Phi) is 4.18. The van der Waals surface area contributed by atoms with Crippen LogP contribution in [0.2, 0.25) is 0 Å². The fourth-order valence-electron chi connectivity index (χ4n) is 3.68. The van der Waals surface area contributed by atoms with Crippen molar-refractivity contribution >= 4 is 33.2 Å². The Morgan fingerprint density at radius 1 is 0.710 bits per heavy atom. The molecule has 0 aliphatic rings. The van der Waals surface area contributed by atoms with Crippen molar-refractivity contribution in [1.82, 2.24) is 19.6 Å². The Bertz CT molecular complexity index is 1370. The normalized spacial score (nSPS) is 11.4. The molecule has 0 bridgehead atoms. The summed E-state index contributed by atoms with van der Waals surface area (Å²) in [6.45, 7) is 0. The van der Waals surface area contributed by atoms with Crippen LogP contribution in [0.25, 0.3) is 21.8 Å². The molecular weight excluding hydrogens is 400 g/mol. The molecule has 5 aromatic rings. The van der Waals surface area contributed by atoms with Crippen LogP contribution >= 0.6 is 0 Å². The maximum absolute atomic E-state index is 11.3. The highest BCUT2D eigenvalue weighted by atomic mass is 16.6. The molecule has 2 heterocycles. The van der Waals surface area contributed by atoms with E-state index < -0.39 is 16.0 Å². The Labute approximate surface area is 174 Å². The molecule has 0 aliphatic carbocycles. The first kappa shape index (κ1) is 18.4. The minimum atomic E-state index is -0.611. The number of rotatable bonds is 5. The number of hydrogen-bond donors (Lipinski definition) is 0. The molecule has 0 aliphatic heterocycles. The number of benzene rings is 3. The van der Waals surface area contributed by atoms with Crippen molar-refractivity contribution in [2.75, 3.05) is 0 Å². The topological polar surface area (TPSA) is 122 Å². The van der Waals surface area contributed by atoms with Gasteiger partial charge in [0.25, 0.3) is 11.4 Å². The van der Waals surface area contributed by atoms with Crippen LogP contribution in [0.5, 0.6) is 0 Å². The van der Waals surface area contributed by atoms with Crippen molar-refractivity contribution in [2.24, 2.45) is 0 Å². The predicted molar refractivity (Wildman–Crippen MR) is 113 cm³/mol. The zero-order valence-electron chi connectivity index (χ0n) is 15.9. The highest BCUT2D eigenvalue weighted by molar-refractivity contribution is 5.83. The number of hydrogen-bond acceptors (Lipinski definition) is 6. The second-order valence-electron chi connectivity index (χ2n) is 6.96. The Hall–Kier alpha value is -4.60. The van der Waals surface area contributed by atoms with Gasteiger partial charge in [0, 0.05) is 35.0 Å². The maximum Gasteiger partial charge on any atom is 0.271 e. The molecular formula is C21H14N6O4. The average Bonchev–Trinajstić information content (AvgIpc) is 3.39. The lowest BCUT2D eigenvalue weighted by Gasteiger charge is -2.21. The van der Waals surface area contributed by atoms with Gasteiger partial charge in [0.2, 0.25) is 0 Å². The first-order valence-electron chi connectivity index (χ1n) is 9.31. The van der Waals surface area contributed by atoms with Crippen LogP contribution in [-0.2, 0) is 0 Å². The van der Waals surface area contributed by atoms with E-state index in [2.05, 4.69) is 10.2 Å². The van der Waals surface area contributed by atoms with Crippen molar-refractivity contribution in [1.29, 1.82) is 0 Å². The summed E-state index contributed by atoms with van der Waals surface area (Å²) in [6.07, 6.45) is 2.65. The van der Waals surface area contributed by atoms with E-state index in [-0.39, 0.29) is 11.4 Å². The van der Waals surface area contributed by atoms with Crippen LogP contribution in [0.15, 0.2) is 79.1 Å². The summed E-state index contributed by atoms with van der Waals surface area (Å²) in [5, 5.41) is 33.1. The molecule has 0 amide bonds. The van der Waals surface area contributed by atoms with E-state index in [1.807, 2.05) is 30.3 Å². The van der Waals surface area contributed by atoms with Gasteiger partial charge in [-0.1, -0.05) is 30.3 Å². The third-order valence-electron chi connectivity index (χ3n) is 5.15. The van der Waals surface area contributed by atoms with E-state index in [4.69, 9.17) is 0 Å². The van der Waals surface area contributed by atoms with E-state index in [1.54, 1.807) is 33.9 Å². The van der Waals surface area contributed by atoms with Crippen molar-refractivity contribution in [3.63, 3.8) is 0 Å². The van der Waals surface area contributed by atoms with E-state index in [1.165, 1.54) is 24.3 Å². The molecule has 31 heavy (non-hydrogen) atoms. The minimum Gasteiger partial charge on any atom is -0.258 e. The molecule has 10 heteroatoms. The summed E-state index contributed by atoms with van der Waals surface area (Å²) in [6, 6.07) is 18.5. The van der Waals surface area contributed by atoms with Crippen LogP contribution in [-0.4, -0.2) is 29.4 Å². The van der Waals surface area contributed by atoms with Gasteiger partial charge < -0.3 is 0 Å². The van der Waals surface area contributed by atoms with Gasteiger partial charge >= 0.3 is 0 Å². The second kappa shape index (κ2) is 7.02. The van der Waals surface area contributed by atoms with Crippen LogP contribution in [0, 0.1) is 20.2 Å². The Balaban J connectivity index is 1.79. The molecule has 0 N–H and O–H groups in total. The second-order valence-corrected chi connectivity index (χ2v) is 6.96. The van der Waals surface area contributed by atoms with E-state index in [0.717, 1.165) is 16.3 Å². The minimum absolute atomic E-state index is 0.0537. The lowest BCUT2D eigenvalue weighted by molar-refractivity contribution is -0.384. The molecule has 2 aromatic heterocycles. The van der Waals surface area contributed by atoms with Gasteiger partial charge in [-0.2, -0.15) is 10.2 Å². The molecule has 0 spiro atoms. The molecule has 152 valence electrons. The van der Waals surface area contributed by atoms with Crippen LogP contribution < -0.4 is 0 Å². The van der Waals surface area contributed by atoms with Crippen LogP contribution in [0.3, 0.4) is 0 Å². The van der Waals surface area contributed by atoms with E-state index in [9.17, 15) is 20.2 Å². The van der Waals surface area contributed by atoms with Crippen molar-refractivity contribution in [3.8, 4) is 0 Å². The molecule has 3 aromatic carbocycles. The molecule has 10 nitrogen and oxygen atoms in total. The quantitative estimate of drug-likeness (QED) is 0.312. The number of aromatic nitrogens is 4. The fraction of sp³-hybridized carbons (Fsp3) is 0.0476. The zero-order chi connectivity index (χ0) is 21.5. The van der Waals surface area contributed by atoms with Gasteiger partial charge in [-0.25, -0.2) is 9.36 Å². The number of non-ortho nitro benzene ring substituents is 2. The summed E-state index contributed by atoms with van der Waals surface area (Å²) in [7, 11) is 0. The smallest absolute Gasteiger partial charge is 0.258 e. The number of nitro groups is 2. The van der Waals surface area contributed by atoms with Crippen LogP contribution in [0.4, 0.5) is 11.4 Å². The highest BCUT2D eigenvalue weighted by Crippen LogP contribution is 2.31. The molecule has 0 unspecified atom stereocenters. The van der Waals surface area contributed by atoms with Gasteiger partial charge in [-0.15, -0.1) is 0 Å². The summed E-state index contributed by atoms with van der Waals surface area (Å²) >= 11 is 0. The summed E-state index contributed by atoms with van der Waals surface area (Å²) in [4.78, 5) is 21.7. The molecule has 0 saturated carbocycles. The van der Waals surface area contributed by atoms with Gasteiger partial charge in [0.1, 0.15) is 0 Å². The molecule has 5 rings (SSSR count). The molecule has 0 saturated heterocycles. The molecule has 0 radical (unpaired) electrons. The van der Waals surface area contributed by atoms with Crippen LogP contribution in [0.1, 0.15) is 11.7 Å². The first-order valence-corrected chi connectivity index (χ1v) is 9.31. The predicted octanol–water partition coefficient (Wildman–Crippen LogP) is 4.30.